The second-order valence-corrected chi connectivity index (χ2v) is 4.32. The molecule has 1 aliphatic rings. The van der Waals surface area contributed by atoms with Crippen LogP contribution in [0, 0.1) is 5.82 Å². The molecule has 1 N–H and O–H groups in total. The van der Waals surface area contributed by atoms with Crippen LogP contribution in [0.15, 0.2) is 18.2 Å². The van der Waals surface area contributed by atoms with Crippen LogP contribution in [0.3, 0.4) is 0 Å². The van der Waals surface area contributed by atoms with Crippen molar-refractivity contribution in [1.82, 2.24) is 0 Å². The van der Waals surface area contributed by atoms with Crippen molar-refractivity contribution in [3.8, 4) is 0 Å². The largest absolute Gasteiger partial charge is 0.387 e. The van der Waals surface area contributed by atoms with E-state index in [1.54, 1.807) is 12.1 Å². The molecule has 1 fully saturated rings. The monoisotopic (exact) mass is 230 g/mol. The average Bonchev–Trinajstić information content (AvgIpc) is 2.60. The zero-order chi connectivity index (χ0) is 10.9. The summed E-state index contributed by atoms with van der Waals surface area (Å²) in [5, 5.41) is 10.1. The summed E-state index contributed by atoms with van der Waals surface area (Å²) < 4.78 is 18.6. The van der Waals surface area contributed by atoms with Crippen LogP contribution in [0.2, 0.25) is 5.02 Å². The van der Waals surface area contributed by atoms with Crippen LogP contribution in [0.5, 0.6) is 0 Å². The van der Waals surface area contributed by atoms with Gasteiger partial charge in [0.15, 0.2) is 0 Å². The lowest BCUT2D eigenvalue weighted by atomic mass is 9.94. The fourth-order valence-corrected chi connectivity index (χ4v) is 1.97. The van der Waals surface area contributed by atoms with Gasteiger partial charge in [-0.15, -0.1) is 0 Å². The van der Waals surface area contributed by atoms with Crippen LogP contribution in [0.25, 0.3) is 0 Å². The van der Waals surface area contributed by atoms with E-state index in [2.05, 4.69) is 0 Å². The predicted octanol–water partition coefficient (Wildman–Crippen LogP) is 2.17. The summed E-state index contributed by atoms with van der Waals surface area (Å²) in [6, 6.07) is 4.81. The highest BCUT2D eigenvalue weighted by Gasteiger charge is 2.33. The summed E-state index contributed by atoms with van der Waals surface area (Å²) >= 11 is 5.66. The molecule has 1 aromatic rings. The van der Waals surface area contributed by atoms with Crippen molar-refractivity contribution in [1.29, 1.82) is 0 Å². The number of aliphatic hydroxyl groups is 1. The number of rotatable bonds is 2. The molecule has 2 rings (SSSR count). The third-order valence-electron chi connectivity index (χ3n) is 2.63. The fourth-order valence-electron chi connectivity index (χ4n) is 1.78. The van der Waals surface area contributed by atoms with Crippen molar-refractivity contribution in [2.45, 2.75) is 18.4 Å². The normalized spacial score (nSPS) is 25.8. The Hall–Kier alpha value is -0.640. The maximum absolute atomic E-state index is 13.5. The van der Waals surface area contributed by atoms with Crippen LogP contribution in [-0.2, 0) is 11.2 Å². The minimum atomic E-state index is -0.939. The van der Waals surface area contributed by atoms with E-state index in [0.29, 0.717) is 18.6 Å². The molecule has 0 saturated carbocycles. The van der Waals surface area contributed by atoms with Crippen LogP contribution in [0.1, 0.15) is 12.0 Å². The molecule has 1 atom stereocenters. The van der Waals surface area contributed by atoms with E-state index < -0.39 is 11.4 Å². The third-order valence-corrected chi connectivity index (χ3v) is 2.93. The number of hydrogen-bond donors (Lipinski definition) is 1. The summed E-state index contributed by atoms with van der Waals surface area (Å²) in [4.78, 5) is 0. The summed E-state index contributed by atoms with van der Waals surface area (Å²) in [6.07, 6.45) is 0.790. The summed E-state index contributed by atoms with van der Waals surface area (Å²) in [6.45, 7) is 0.789. The Morgan fingerprint density at radius 1 is 1.53 bits per heavy atom. The van der Waals surface area contributed by atoms with Crippen molar-refractivity contribution in [3.63, 3.8) is 0 Å². The van der Waals surface area contributed by atoms with Gasteiger partial charge in [-0.25, -0.2) is 4.39 Å². The molecule has 1 aliphatic heterocycles. The van der Waals surface area contributed by atoms with E-state index >= 15 is 0 Å². The van der Waals surface area contributed by atoms with Gasteiger partial charge in [0.25, 0.3) is 0 Å². The molecule has 1 aromatic carbocycles. The molecule has 82 valence electrons. The molecular formula is C11H12ClFO2. The molecule has 0 aliphatic carbocycles. The van der Waals surface area contributed by atoms with Crippen LogP contribution in [0.4, 0.5) is 4.39 Å². The van der Waals surface area contributed by atoms with E-state index in [4.69, 9.17) is 16.3 Å². The van der Waals surface area contributed by atoms with Crippen LogP contribution < -0.4 is 0 Å². The Balaban J connectivity index is 2.20. The minimum Gasteiger partial charge on any atom is -0.387 e. The van der Waals surface area contributed by atoms with Gasteiger partial charge in [0.1, 0.15) is 5.82 Å². The van der Waals surface area contributed by atoms with Gasteiger partial charge in [-0.05, 0) is 11.6 Å². The molecule has 15 heavy (non-hydrogen) atoms. The zero-order valence-corrected chi connectivity index (χ0v) is 8.93. The van der Waals surface area contributed by atoms with Gasteiger partial charge in [0, 0.05) is 19.4 Å². The van der Waals surface area contributed by atoms with E-state index in [0.717, 1.165) is 0 Å². The standard InChI is InChI=1S/C11H12ClFO2/c12-9-3-1-2-8(10(9)13)6-11(14)4-5-15-7-11/h1-3,14H,4-7H2. The van der Waals surface area contributed by atoms with E-state index in [1.165, 1.54) is 6.07 Å². The van der Waals surface area contributed by atoms with Gasteiger partial charge >= 0.3 is 0 Å². The first-order chi connectivity index (χ1) is 7.11. The molecule has 0 amide bonds. The Bertz CT molecular complexity index is 362. The van der Waals surface area contributed by atoms with Crippen molar-refractivity contribution in [2.75, 3.05) is 13.2 Å². The molecule has 1 saturated heterocycles. The summed E-state index contributed by atoms with van der Waals surface area (Å²) in [7, 11) is 0. The van der Waals surface area contributed by atoms with Crippen molar-refractivity contribution >= 4 is 11.6 Å². The Morgan fingerprint density at radius 2 is 2.33 bits per heavy atom. The molecule has 0 radical (unpaired) electrons. The maximum Gasteiger partial charge on any atom is 0.145 e. The third kappa shape index (κ3) is 2.30. The number of benzene rings is 1. The molecule has 0 bridgehead atoms. The highest BCUT2D eigenvalue weighted by molar-refractivity contribution is 6.30. The van der Waals surface area contributed by atoms with Gasteiger partial charge in [0.05, 0.1) is 17.2 Å². The quantitative estimate of drug-likeness (QED) is 0.844. The lowest BCUT2D eigenvalue weighted by Gasteiger charge is -2.20. The molecule has 0 spiro atoms. The van der Waals surface area contributed by atoms with E-state index in [1.807, 2.05) is 0 Å². The smallest absolute Gasteiger partial charge is 0.145 e. The number of halogens is 2. The Morgan fingerprint density at radius 3 is 3.00 bits per heavy atom. The fraction of sp³-hybridized carbons (Fsp3) is 0.455. The number of hydrogen-bond acceptors (Lipinski definition) is 2. The first-order valence-electron chi connectivity index (χ1n) is 4.84. The molecular weight excluding hydrogens is 219 g/mol. The van der Waals surface area contributed by atoms with Gasteiger partial charge in [-0.2, -0.15) is 0 Å². The second-order valence-electron chi connectivity index (χ2n) is 3.92. The lowest BCUT2D eigenvalue weighted by Crippen LogP contribution is -2.31. The van der Waals surface area contributed by atoms with E-state index in [9.17, 15) is 9.50 Å². The summed E-state index contributed by atoms with van der Waals surface area (Å²) in [5.74, 6) is -0.445. The van der Waals surface area contributed by atoms with Gasteiger partial charge in [0.2, 0.25) is 0 Å². The first kappa shape index (κ1) is 10.9. The van der Waals surface area contributed by atoms with Crippen molar-refractivity contribution in [2.24, 2.45) is 0 Å². The average molecular weight is 231 g/mol. The highest BCUT2D eigenvalue weighted by Crippen LogP contribution is 2.26. The van der Waals surface area contributed by atoms with Crippen molar-refractivity contribution in [3.05, 3.63) is 34.6 Å². The Labute approximate surface area is 92.6 Å². The SMILES string of the molecule is OC1(Cc2cccc(Cl)c2F)CCOC1. The number of ether oxygens (including phenoxy) is 1. The molecule has 1 unspecified atom stereocenters. The van der Waals surface area contributed by atoms with E-state index in [-0.39, 0.29) is 18.1 Å². The summed E-state index contributed by atoms with van der Waals surface area (Å²) in [5.41, 5.74) is -0.499. The maximum atomic E-state index is 13.5. The van der Waals surface area contributed by atoms with Gasteiger partial charge in [-0.1, -0.05) is 23.7 Å². The molecule has 4 heteroatoms. The van der Waals surface area contributed by atoms with Crippen molar-refractivity contribution < 1.29 is 14.2 Å². The van der Waals surface area contributed by atoms with Gasteiger partial charge < -0.3 is 9.84 Å². The highest BCUT2D eigenvalue weighted by atomic mass is 35.5. The first-order valence-corrected chi connectivity index (χ1v) is 5.22. The topological polar surface area (TPSA) is 29.5 Å². The predicted molar refractivity (Wildman–Crippen MR) is 55.5 cm³/mol. The second kappa shape index (κ2) is 4.08. The van der Waals surface area contributed by atoms with Crippen LogP contribution >= 0.6 is 11.6 Å². The molecule has 0 aromatic heterocycles. The molecule has 1 heterocycles. The lowest BCUT2D eigenvalue weighted by molar-refractivity contribution is 0.0264. The zero-order valence-electron chi connectivity index (χ0n) is 8.17. The molecule has 2 nitrogen and oxygen atoms in total. The Kier molecular flexibility index (Phi) is 2.96. The van der Waals surface area contributed by atoms with Gasteiger partial charge in [-0.3, -0.25) is 0 Å². The van der Waals surface area contributed by atoms with Crippen LogP contribution in [-0.4, -0.2) is 23.9 Å². The minimum absolute atomic E-state index is 0.0926.